The van der Waals surface area contributed by atoms with Crippen molar-refractivity contribution in [3.63, 3.8) is 0 Å². The van der Waals surface area contributed by atoms with E-state index >= 15 is 0 Å². The highest BCUT2D eigenvalue weighted by atomic mass is 16.5. The highest BCUT2D eigenvalue weighted by Gasteiger charge is 2.38. The number of hydrogen-bond acceptors (Lipinski definition) is 1. The van der Waals surface area contributed by atoms with E-state index in [1.54, 1.807) is 0 Å². The van der Waals surface area contributed by atoms with E-state index in [1.807, 2.05) is 0 Å². The fraction of sp³-hybridized carbons (Fsp3) is 1.00. The zero-order chi connectivity index (χ0) is 8.70. The Labute approximate surface area is 69.2 Å². The van der Waals surface area contributed by atoms with E-state index in [0.717, 1.165) is 19.4 Å². The molecule has 2 heteroatoms. The molecule has 0 spiro atoms. The normalized spacial score (nSPS) is 35.2. The summed E-state index contributed by atoms with van der Waals surface area (Å²) in [4.78, 5) is 0. The van der Waals surface area contributed by atoms with Crippen LogP contribution in [-0.2, 0) is 0 Å². The van der Waals surface area contributed by atoms with Gasteiger partial charge in [-0.2, -0.15) is 0 Å². The molecule has 1 saturated heterocycles. The molecular formula is C9H19NO. The van der Waals surface area contributed by atoms with Crippen LogP contribution < -0.4 is 5.06 Å². The summed E-state index contributed by atoms with van der Waals surface area (Å²) in [5.41, 5.74) is 0.305. The van der Waals surface area contributed by atoms with E-state index in [-0.39, 0.29) is 5.54 Å². The summed E-state index contributed by atoms with van der Waals surface area (Å²) in [7, 11) is 0. The van der Waals surface area contributed by atoms with Crippen LogP contribution in [0, 0.1) is 10.6 Å². The lowest BCUT2D eigenvalue weighted by Gasteiger charge is -2.48. The number of quaternary nitrogens is 1. The van der Waals surface area contributed by atoms with E-state index in [4.69, 9.17) is 0 Å². The third kappa shape index (κ3) is 1.94. The SMILES string of the molecule is CC1(C)CC[NH+]([O-])C(C)(C)C1. The number of hydroxylamine groups is 2. The molecule has 1 rings (SSSR count). The highest BCUT2D eigenvalue weighted by molar-refractivity contribution is 4.82. The maximum Gasteiger partial charge on any atom is 0.0922 e. The van der Waals surface area contributed by atoms with Crippen molar-refractivity contribution >= 4 is 0 Å². The molecule has 0 aromatic heterocycles. The molecule has 0 aromatic carbocycles. The first-order valence-electron chi connectivity index (χ1n) is 4.37. The molecule has 1 unspecified atom stereocenters. The summed E-state index contributed by atoms with van der Waals surface area (Å²) in [6, 6.07) is 0. The lowest BCUT2D eigenvalue weighted by Crippen LogP contribution is -3.16. The standard InChI is InChI=1S/C9H19NO/c1-8(2)5-6-10(11)9(3,4)7-8/h10H,5-7H2,1-4H3. The molecule has 0 saturated carbocycles. The summed E-state index contributed by atoms with van der Waals surface area (Å²) in [6.07, 6.45) is 2.11. The van der Waals surface area contributed by atoms with E-state index in [2.05, 4.69) is 27.7 Å². The first-order chi connectivity index (χ1) is 4.83. The minimum Gasteiger partial charge on any atom is -0.634 e. The lowest BCUT2D eigenvalue weighted by atomic mass is 9.74. The maximum absolute atomic E-state index is 11.4. The second kappa shape index (κ2) is 2.46. The first-order valence-corrected chi connectivity index (χ1v) is 4.37. The van der Waals surface area contributed by atoms with Gasteiger partial charge in [0.05, 0.1) is 12.1 Å². The fourth-order valence-electron chi connectivity index (χ4n) is 2.17. The summed E-state index contributed by atoms with van der Waals surface area (Å²) in [5, 5.41) is 11.8. The number of nitrogens with one attached hydrogen (secondary N) is 1. The Morgan fingerprint density at radius 1 is 1.18 bits per heavy atom. The molecule has 1 heterocycles. The van der Waals surface area contributed by atoms with Gasteiger partial charge in [-0.3, -0.25) is 0 Å². The van der Waals surface area contributed by atoms with Crippen molar-refractivity contribution in [3.05, 3.63) is 5.21 Å². The van der Waals surface area contributed by atoms with Gasteiger partial charge in [0.1, 0.15) is 0 Å². The Balaban J connectivity index is 2.67. The van der Waals surface area contributed by atoms with Crippen molar-refractivity contribution in [2.75, 3.05) is 6.54 Å². The Morgan fingerprint density at radius 3 is 2.09 bits per heavy atom. The van der Waals surface area contributed by atoms with Crippen molar-refractivity contribution < 1.29 is 5.06 Å². The van der Waals surface area contributed by atoms with Gasteiger partial charge in [0.25, 0.3) is 0 Å². The van der Waals surface area contributed by atoms with Crippen molar-refractivity contribution in [3.8, 4) is 0 Å². The predicted molar refractivity (Wildman–Crippen MR) is 46.3 cm³/mol. The van der Waals surface area contributed by atoms with Crippen LogP contribution >= 0.6 is 0 Å². The van der Waals surface area contributed by atoms with Gasteiger partial charge in [-0.15, -0.1) is 0 Å². The Bertz CT molecular complexity index is 152. The molecule has 1 aliphatic rings. The molecule has 0 amide bonds. The van der Waals surface area contributed by atoms with Crippen LogP contribution in [0.25, 0.3) is 0 Å². The summed E-state index contributed by atoms with van der Waals surface area (Å²) < 4.78 is 0. The molecule has 11 heavy (non-hydrogen) atoms. The summed E-state index contributed by atoms with van der Waals surface area (Å²) in [5.74, 6) is 0. The monoisotopic (exact) mass is 157 g/mol. The van der Waals surface area contributed by atoms with E-state index in [0.29, 0.717) is 10.5 Å². The fourth-order valence-corrected chi connectivity index (χ4v) is 2.17. The molecule has 1 fully saturated rings. The second-order valence-corrected chi connectivity index (χ2v) is 5.15. The molecule has 1 aliphatic heterocycles. The van der Waals surface area contributed by atoms with Gasteiger partial charge in [0.15, 0.2) is 0 Å². The van der Waals surface area contributed by atoms with Crippen LogP contribution in [0.3, 0.4) is 0 Å². The Morgan fingerprint density at radius 2 is 1.73 bits per heavy atom. The molecule has 2 nitrogen and oxygen atoms in total. The van der Waals surface area contributed by atoms with Crippen molar-refractivity contribution in [1.29, 1.82) is 0 Å². The highest BCUT2D eigenvalue weighted by Crippen LogP contribution is 2.31. The minimum absolute atomic E-state index is 0.0677. The minimum atomic E-state index is -0.0677. The first kappa shape index (κ1) is 9.01. The molecule has 0 bridgehead atoms. The van der Waals surface area contributed by atoms with Crippen LogP contribution in [0.1, 0.15) is 40.5 Å². The Hall–Kier alpha value is -0.0800. The molecule has 0 radical (unpaired) electrons. The number of piperidine rings is 1. The van der Waals surface area contributed by atoms with Gasteiger partial charge in [0, 0.05) is 12.8 Å². The lowest BCUT2D eigenvalue weighted by molar-refractivity contribution is -0.909. The predicted octanol–water partition coefficient (Wildman–Crippen LogP) is 0.968. The zero-order valence-corrected chi connectivity index (χ0v) is 8.03. The molecule has 0 aromatic rings. The smallest absolute Gasteiger partial charge is 0.0922 e. The van der Waals surface area contributed by atoms with Crippen molar-refractivity contribution in [1.82, 2.24) is 0 Å². The molecular weight excluding hydrogens is 138 g/mol. The van der Waals surface area contributed by atoms with Gasteiger partial charge in [-0.1, -0.05) is 13.8 Å². The third-order valence-corrected chi connectivity index (χ3v) is 2.70. The van der Waals surface area contributed by atoms with E-state index < -0.39 is 0 Å². The molecule has 0 aliphatic carbocycles. The van der Waals surface area contributed by atoms with Crippen LogP contribution in [-0.4, -0.2) is 12.1 Å². The second-order valence-electron chi connectivity index (χ2n) is 5.15. The largest absolute Gasteiger partial charge is 0.634 e. The molecule has 1 atom stereocenters. The summed E-state index contributed by atoms with van der Waals surface area (Å²) >= 11 is 0. The van der Waals surface area contributed by atoms with Gasteiger partial charge in [-0.05, 0) is 19.3 Å². The van der Waals surface area contributed by atoms with E-state index in [1.165, 1.54) is 0 Å². The number of rotatable bonds is 0. The van der Waals surface area contributed by atoms with Crippen molar-refractivity contribution in [2.24, 2.45) is 5.41 Å². The van der Waals surface area contributed by atoms with Gasteiger partial charge >= 0.3 is 0 Å². The van der Waals surface area contributed by atoms with Crippen LogP contribution in [0.5, 0.6) is 0 Å². The average Bonchev–Trinajstić information content (AvgIpc) is 1.77. The number of hydrogen-bond donors (Lipinski definition) is 1. The van der Waals surface area contributed by atoms with Gasteiger partial charge in [0.2, 0.25) is 0 Å². The third-order valence-electron chi connectivity index (χ3n) is 2.70. The van der Waals surface area contributed by atoms with Crippen molar-refractivity contribution in [2.45, 2.75) is 46.1 Å². The van der Waals surface area contributed by atoms with Crippen LogP contribution in [0.4, 0.5) is 0 Å². The average molecular weight is 157 g/mol. The molecule has 66 valence electrons. The quantitative estimate of drug-likeness (QED) is 0.521. The van der Waals surface area contributed by atoms with Crippen LogP contribution in [0.2, 0.25) is 0 Å². The van der Waals surface area contributed by atoms with Gasteiger partial charge in [-0.25, -0.2) is 0 Å². The van der Waals surface area contributed by atoms with E-state index in [9.17, 15) is 5.21 Å². The maximum atomic E-state index is 11.4. The summed E-state index contributed by atoms with van der Waals surface area (Å²) in [6.45, 7) is 9.41. The molecule has 1 N–H and O–H groups in total. The zero-order valence-electron chi connectivity index (χ0n) is 8.03. The van der Waals surface area contributed by atoms with Crippen LogP contribution in [0.15, 0.2) is 0 Å². The van der Waals surface area contributed by atoms with Gasteiger partial charge < -0.3 is 10.3 Å². The topological polar surface area (TPSA) is 27.5 Å². The Kier molecular flexibility index (Phi) is 2.01.